The van der Waals surface area contributed by atoms with Gasteiger partial charge in [0.2, 0.25) is 0 Å². The molecule has 0 radical (unpaired) electrons. The molecule has 0 heterocycles. The quantitative estimate of drug-likeness (QED) is 0.734. The summed E-state index contributed by atoms with van der Waals surface area (Å²) < 4.78 is 10.9. The first-order chi connectivity index (χ1) is 13.0. The van der Waals surface area contributed by atoms with E-state index in [4.69, 9.17) is 14.6 Å². The SMILES string of the molecule is CN(Cc1ccc(OCC(=O)O)cc1)C(=O)c1ccccc1OCC1CC1. The Kier molecular flexibility index (Phi) is 5.96. The summed E-state index contributed by atoms with van der Waals surface area (Å²) >= 11 is 0. The van der Waals surface area contributed by atoms with E-state index in [-0.39, 0.29) is 12.5 Å². The highest BCUT2D eigenvalue weighted by Crippen LogP contribution is 2.30. The van der Waals surface area contributed by atoms with E-state index in [1.54, 1.807) is 30.1 Å². The summed E-state index contributed by atoms with van der Waals surface area (Å²) in [6, 6.07) is 14.3. The van der Waals surface area contributed by atoms with Gasteiger partial charge in [-0.2, -0.15) is 0 Å². The Bertz CT molecular complexity index is 798. The highest BCUT2D eigenvalue weighted by molar-refractivity contribution is 5.96. The molecule has 0 atom stereocenters. The second kappa shape index (κ2) is 8.58. The number of amides is 1. The van der Waals surface area contributed by atoms with Crippen molar-refractivity contribution in [3.05, 3.63) is 59.7 Å². The maximum absolute atomic E-state index is 12.8. The Morgan fingerprint density at radius 2 is 1.78 bits per heavy atom. The molecule has 27 heavy (non-hydrogen) atoms. The molecule has 1 amide bonds. The number of ether oxygens (including phenoxy) is 2. The van der Waals surface area contributed by atoms with Crippen LogP contribution in [0.25, 0.3) is 0 Å². The standard InChI is InChI=1S/C21H23NO5/c1-22(12-15-8-10-17(11-9-15)26-14-20(23)24)21(25)18-4-2-3-5-19(18)27-13-16-6-7-16/h2-5,8-11,16H,6-7,12-14H2,1H3,(H,23,24). The summed E-state index contributed by atoms with van der Waals surface area (Å²) in [6.07, 6.45) is 2.39. The molecule has 0 saturated heterocycles. The lowest BCUT2D eigenvalue weighted by molar-refractivity contribution is -0.139. The highest BCUT2D eigenvalue weighted by atomic mass is 16.5. The van der Waals surface area contributed by atoms with Crippen LogP contribution in [0.2, 0.25) is 0 Å². The van der Waals surface area contributed by atoms with Crippen LogP contribution in [0.3, 0.4) is 0 Å². The minimum atomic E-state index is -1.02. The van der Waals surface area contributed by atoms with Gasteiger partial charge in [-0.3, -0.25) is 4.79 Å². The molecule has 1 aliphatic rings. The van der Waals surface area contributed by atoms with Crippen molar-refractivity contribution in [3.8, 4) is 11.5 Å². The summed E-state index contributed by atoms with van der Waals surface area (Å²) in [4.78, 5) is 25.0. The number of para-hydroxylation sites is 1. The van der Waals surface area contributed by atoms with Gasteiger partial charge in [0.05, 0.1) is 12.2 Å². The molecule has 1 N–H and O–H groups in total. The minimum absolute atomic E-state index is 0.104. The van der Waals surface area contributed by atoms with Gasteiger partial charge in [-0.25, -0.2) is 4.79 Å². The van der Waals surface area contributed by atoms with E-state index in [9.17, 15) is 9.59 Å². The zero-order valence-corrected chi connectivity index (χ0v) is 15.3. The van der Waals surface area contributed by atoms with Gasteiger partial charge < -0.3 is 19.5 Å². The van der Waals surface area contributed by atoms with E-state index in [2.05, 4.69) is 0 Å². The van der Waals surface area contributed by atoms with Gasteiger partial charge >= 0.3 is 5.97 Å². The molecule has 0 bridgehead atoms. The third kappa shape index (κ3) is 5.48. The maximum atomic E-state index is 12.8. The number of hydrogen-bond donors (Lipinski definition) is 1. The monoisotopic (exact) mass is 369 g/mol. The molecule has 6 nitrogen and oxygen atoms in total. The second-order valence-electron chi connectivity index (χ2n) is 6.74. The summed E-state index contributed by atoms with van der Waals surface area (Å²) in [5.41, 5.74) is 1.48. The van der Waals surface area contributed by atoms with Gasteiger partial charge in [-0.05, 0) is 48.6 Å². The van der Waals surface area contributed by atoms with Crippen LogP contribution in [0.15, 0.2) is 48.5 Å². The van der Waals surface area contributed by atoms with Crippen LogP contribution in [-0.2, 0) is 11.3 Å². The molecule has 0 aliphatic heterocycles. The number of carbonyl (C=O) groups is 2. The molecular weight excluding hydrogens is 346 g/mol. The number of benzene rings is 2. The predicted octanol–water partition coefficient (Wildman–Crippen LogP) is 3.21. The van der Waals surface area contributed by atoms with Crippen LogP contribution >= 0.6 is 0 Å². The fourth-order valence-corrected chi connectivity index (χ4v) is 2.65. The number of aliphatic carboxylic acids is 1. The fourth-order valence-electron chi connectivity index (χ4n) is 2.65. The lowest BCUT2D eigenvalue weighted by atomic mass is 10.1. The van der Waals surface area contributed by atoms with Crippen LogP contribution in [0.4, 0.5) is 0 Å². The predicted molar refractivity (Wildman–Crippen MR) is 100 cm³/mol. The summed E-state index contributed by atoms with van der Waals surface area (Å²) in [7, 11) is 1.74. The lowest BCUT2D eigenvalue weighted by Gasteiger charge is -2.19. The van der Waals surface area contributed by atoms with Gasteiger partial charge in [-0.1, -0.05) is 24.3 Å². The van der Waals surface area contributed by atoms with Gasteiger partial charge in [0.25, 0.3) is 5.91 Å². The van der Waals surface area contributed by atoms with Crippen molar-refractivity contribution in [3.63, 3.8) is 0 Å². The first-order valence-corrected chi connectivity index (χ1v) is 8.94. The van der Waals surface area contributed by atoms with Gasteiger partial charge in [-0.15, -0.1) is 0 Å². The Labute approximate surface area is 158 Å². The van der Waals surface area contributed by atoms with Crippen LogP contribution in [0, 0.1) is 5.92 Å². The Morgan fingerprint density at radius 3 is 2.44 bits per heavy atom. The molecule has 1 fully saturated rings. The zero-order valence-electron chi connectivity index (χ0n) is 15.3. The second-order valence-corrected chi connectivity index (χ2v) is 6.74. The number of carboxylic acids is 1. The molecule has 6 heteroatoms. The van der Waals surface area contributed by atoms with E-state index in [0.717, 1.165) is 5.56 Å². The van der Waals surface area contributed by atoms with Crippen molar-refractivity contribution >= 4 is 11.9 Å². The molecule has 2 aromatic rings. The van der Waals surface area contributed by atoms with Gasteiger partial charge in [0.1, 0.15) is 11.5 Å². The van der Waals surface area contributed by atoms with Crippen LogP contribution in [0.1, 0.15) is 28.8 Å². The highest BCUT2D eigenvalue weighted by Gasteiger charge is 2.23. The zero-order chi connectivity index (χ0) is 19.2. The summed E-state index contributed by atoms with van der Waals surface area (Å²) in [5, 5.41) is 8.63. The lowest BCUT2D eigenvalue weighted by Crippen LogP contribution is -2.26. The number of nitrogens with zero attached hydrogens (tertiary/aromatic N) is 1. The minimum Gasteiger partial charge on any atom is -0.492 e. The van der Waals surface area contributed by atoms with Crippen LogP contribution < -0.4 is 9.47 Å². The summed E-state index contributed by atoms with van der Waals surface area (Å²) in [5.74, 6) is 0.597. The number of carboxylic acid groups (broad SMARTS) is 1. The number of rotatable bonds is 9. The molecule has 3 rings (SSSR count). The Balaban J connectivity index is 1.61. The number of hydrogen-bond acceptors (Lipinski definition) is 4. The molecule has 2 aromatic carbocycles. The maximum Gasteiger partial charge on any atom is 0.341 e. The molecular formula is C21H23NO5. The third-order valence-corrected chi connectivity index (χ3v) is 4.34. The number of carbonyl (C=O) groups excluding carboxylic acids is 1. The average Bonchev–Trinajstić information content (AvgIpc) is 3.50. The van der Waals surface area contributed by atoms with Crippen LogP contribution in [0.5, 0.6) is 11.5 Å². The largest absolute Gasteiger partial charge is 0.492 e. The van der Waals surface area contributed by atoms with E-state index < -0.39 is 5.97 Å². The first kappa shape index (κ1) is 18.8. The van der Waals surface area contributed by atoms with Crippen LogP contribution in [-0.4, -0.2) is 42.1 Å². The smallest absolute Gasteiger partial charge is 0.341 e. The average molecular weight is 369 g/mol. The Hall–Kier alpha value is -3.02. The van der Waals surface area contributed by atoms with E-state index >= 15 is 0 Å². The van der Waals surface area contributed by atoms with Crippen molar-refractivity contribution in [2.45, 2.75) is 19.4 Å². The van der Waals surface area contributed by atoms with Crippen molar-refractivity contribution < 1.29 is 24.2 Å². The Morgan fingerprint density at radius 1 is 1.07 bits per heavy atom. The van der Waals surface area contributed by atoms with E-state index in [1.807, 2.05) is 30.3 Å². The van der Waals surface area contributed by atoms with Gasteiger partial charge in [0.15, 0.2) is 6.61 Å². The fraction of sp³-hybridized carbons (Fsp3) is 0.333. The van der Waals surface area contributed by atoms with Crippen molar-refractivity contribution in [2.75, 3.05) is 20.3 Å². The molecule has 1 saturated carbocycles. The molecule has 142 valence electrons. The summed E-state index contributed by atoms with van der Waals surface area (Å²) in [6.45, 7) is 0.705. The normalized spacial score (nSPS) is 13.1. The molecule has 0 spiro atoms. The van der Waals surface area contributed by atoms with Crippen molar-refractivity contribution in [1.29, 1.82) is 0 Å². The van der Waals surface area contributed by atoms with E-state index in [0.29, 0.717) is 36.1 Å². The van der Waals surface area contributed by atoms with Gasteiger partial charge in [0, 0.05) is 13.6 Å². The molecule has 0 aromatic heterocycles. The van der Waals surface area contributed by atoms with E-state index in [1.165, 1.54) is 12.8 Å². The topological polar surface area (TPSA) is 76.1 Å². The third-order valence-electron chi connectivity index (χ3n) is 4.34. The first-order valence-electron chi connectivity index (χ1n) is 8.94. The van der Waals surface area contributed by atoms with Crippen molar-refractivity contribution in [2.24, 2.45) is 5.92 Å². The van der Waals surface area contributed by atoms with Crippen molar-refractivity contribution in [1.82, 2.24) is 4.90 Å². The molecule has 0 unspecified atom stereocenters. The molecule has 1 aliphatic carbocycles.